The minimum absolute atomic E-state index is 0.101. The van der Waals surface area contributed by atoms with Crippen molar-refractivity contribution in [1.82, 2.24) is 5.32 Å². The first-order chi connectivity index (χ1) is 8.66. The fraction of sp³-hybridized carbons (Fsp3) is 0.500. The summed E-state index contributed by atoms with van der Waals surface area (Å²) in [4.78, 5) is 13.4. The summed E-state index contributed by atoms with van der Waals surface area (Å²) in [6.45, 7) is 5.05. The molecule has 18 heavy (non-hydrogen) atoms. The Balaban J connectivity index is 1.95. The van der Waals surface area contributed by atoms with E-state index in [4.69, 9.17) is 4.74 Å². The molecule has 1 heterocycles. The summed E-state index contributed by atoms with van der Waals surface area (Å²) < 4.78 is 5.67. The quantitative estimate of drug-likeness (QED) is 0.816. The molecular formula is C14H20N2O2. The van der Waals surface area contributed by atoms with Gasteiger partial charge in [0.1, 0.15) is 0 Å². The van der Waals surface area contributed by atoms with Crippen molar-refractivity contribution in [2.24, 2.45) is 0 Å². The molecule has 4 heteroatoms. The first-order valence-corrected chi connectivity index (χ1v) is 6.31. The summed E-state index contributed by atoms with van der Waals surface area (Å²) in [5.41, 5.74) is 1.86. The highest BCUT2D eigenvalue weighted by Gasteiger charge is 2.15. The summed E-state index contributed by atoms with van der Waals surface area (Å²) in [5.74, 6) is 0.101. The predicted molar refractivity (Wildman–Crippen MR) is 72.3 cm³/mol. The van der Waals surface area contributed by atoms with Crippen LogP contribution < -0.4 is 10.2 Å². The van der Waals surface area contributed by atoms with Crippen LogP contribution in [-0.4, -0.2) is 45.2 Å². The molecule has 1 N–H and O–H groups in total. The van der Waals surface area contributed by atoms with E-state index in [9.17, 15) is 4.79 Å². The number of hydrogen-bond acceptors (Lipinski definition) is 4. The third-order valence-electron chi connectivity index (χ3n) is 3.20. The van der Waals surface area contributed by atoms with E-state index in [1.807, 2.05) is 31.3 Å². The van der Waals surface area contributed by atoms with Gasteiger partial charge in [-0.05, 0) is 31.2 Å². The number of nitrogens with zero attached hydrogens (tertiary/aromatic N) is 1. The summed E-state index contributed by atoms with van der Waals surface area (Å²) in [7, 11) is 2.04. The van der Waals surface area contributed by atoms with Crippen LogP contribution in [0.4, 0.5) is 5.69 Å². The van der Waals surface area contributed by atoms with Crippen molar-refractivity contribution in [3.8, 4) is 0 Å². The molecule has 1 aromatic rings. The minimum Gasteiger partial charge on any atom is -0.374 e. The summed E-state index contributed by atoms with van der Waals surface area (Å²) >= 11 is 0. The van der Waals surface area contributed by atoms with E-state index < -0.39 is 0 Å². The maximum Gasteiger partial charge on any atom is 0.159 e. The molecule has 0 aliphatic carbocycles. The van der Waals surface area contributed by atoms with Crippen molar-refractivity contribution >= 4 is 11.5 Å². The maximum atomic E-state index is 11.2. The number of ketones is 1. The molecule has 1 atom stereocenters. The first-order valence-electron chi connectivity index (χ1n) is 6.31. The van der Waals surface area contributed by atoms with Crippen molar-refractivity contribution in [2.45, 2.75) is 13.0 Å². The first kappa shape index (κ1) is 13.1. The average molecular weight is 248 g/mol. The topological polar surface area (TPSA) is 41.6 Å². The van der Waals surface area contributed by atoms with E-state index in [2.05, 4.69) is 10.2 Å². The molecule has 1 aliphatic rings. The standard InChI is InChI=1S/C14H20N2O2/c1-11(17)12-3-5-13(6-4-12)16(2)10-14-9-15-7-8-18-14/h3-6,14-15H,7-10H2,1-2H3. The summed E-state index contributed by atoms with van der Waals surface area (Å²) in [6.07, 6.45) is 0.233. The van der Waals surface area contributed by atoms with Crippen LogP contribution in [0.15, 0.2) is 24.3 Å². The van der Waals surface area contributed by atoms with Gasteiger partial charge < -0.3 is 15.0 Å². The lowest BCUT2D eigenvalue weighted by molar-refractivity contribution is 0.0340. The normalized spacial score (nSPS) is 19.6. The second-order valence-electron chi connectivity index (χ2n) is 4.68. The molecule has 0 aromatic heterocycles. The zero-order valence-corrected chi connectivity index (χ0v) is 11.0. The SMILES string of the molecule is CC(=O)c1ccc(N(C)CC2CNCCO2)cc1. The molecule has 1 fully saturated rings. The Labute approximate surface area is 108 Å². The van der Waals surface area contributed by atoms with E-state index in [1.165, 1.54) is 0 Å². The van der Waals surface area contributed by atoms with E-state index in [0.717, 1.165) is 37.5 Å². The molecule has 1 aromatic carbocycles. The lowest BCUT2D eigenvalue weighted by atomic mass is 10.1. The van der Waals surface area contributed by atoms with Gasteiger partial charge in [-0.2, -0.15) is 0 Å². The highest BCUT2D eigenvalue weighted by molar-refractivity contribution is 5.94. The Kier molecular flexibility index (Phi) is 4.33. The molecule has 98 valence electrons. The van der Waals surface area contributed by atoms with Gasteiger partial charge in [0.15, 0.2) is 5.78 Å². The van der Waals surface area contributed by atoms with Crippen molar-refractivity contribution in [3.63, 3.8) is 0 Å². The summed E-state index contributed by atoms with van der Waals surface area (Å²) in [5, 5.41) is 3.32. The highest BCUT2D eigenvalue weighted by atomic mass is 16.5. The van der Waals surface area contributed by atoms with Gasteiger partial charge in [0.25, 0.3) is 0 Å². The lowest BCUT2D eigenvalue weighted by Gasteiger charge is -2.29. The molecule has 1 unspecified atom stereocenters. The fourth-order valence-electron chi connectivity index (χ4n) is 2.10. The maximum absolute atomic E-state index is 11.2. The molecular weight excluding hydrogens is 228 g/mol. The Bertz CT molecular complexity index is 397. The van der Waals surface area contributed by atoms with Crippen LogP contribution in [0.3, 0.4) is 0 Å². The highest BCUT2D eigenvalue weighted by Crippen LogP contribution is 2.15. The van der Waals surface area contributed by atoms with Gasteiger partial charge in [0.2, 0.25) is 0 Å². The number of carbonyl (C=O) groups is 1. The van der Waals surface area contributed by atoms with Gasteiger partial charge in [-0.1, -0.05) is 0 Å². The van der Waals surface area contributed by atoms with E-state index in [-0.39, 0.29) is 11.9 Å². The second kappa shape index (κ2) is 5.98. The molecule has 0 radical (unpaired) electrons. The average Bonchev–Trinajstić information content (AvgIpc) is 2.40. The van der Waals surface area contributed by atoms with Gasteiger partial charge in [0.05, 0.1) is 12.7 Å². The lowest BCUT2D eigenvalue weighted by Crippen LogP contribution is -2.44. The predicted octanol–water partition coefficient (Wildman–Crippen LogP) is 1.31. The largest absolute Gasteiger partial charge is 0.374 e. The zero-order chi connectivity index (χ0) is 13.0. The number of rotatable bonds is 4. The second-order valence-corrected chi connectivity index (χ2v) is 4.68. The van der Waals surface area contributed by atoms with Crippen molar-refractivity contribution in [1.29, 1.82) is 0 Å². The van der Waals surface area contributed by atoms with Crippen LogP contribution in [0.2, 0.25) is 0 Å². The van der Waals surface area contributed by atoms with Crippen LogP contribution in [0.25, 0.3) is 0 Å². The Morgan fingerprint density at radius 2 is 2.17 bits per heavy atom. The Morgan fingerprint density at radius 1 is 1.44 bits per heavy atom. The number of benzene rings is 1. The molecule has 0 bridgehead atoms. The van der Waals surface area contributed by atoms with Crippen LogP contribution in [0.1, 0.15) is 17.3 Å². The number of nitrogens with one attached hydrogen (secondary N) is 1. The number of Topliss-reactive ketones (excluding diaryl/α,β-unsaturated/α-hetero) is 1. The molecule has 0 amide bonds. The molecule has 1 saturated heterocycles. The van der Waals surface area contributed by atoms with E-state index in [1.54, 1.807) is 6.92 Å². The number of morpholine rings is 1. The molecule has 1 aliphatic heterocycles. The number of hydrogen-bond donors (Lipinski definition) is 1. The van der Waals surface area contributed by atoms with Gasteiger partial charge in [-0.3, -0.25) is 4.79 Å². The van der Waals surface area contributed by atoms with Crippen molar-refractivity contribution < 1.29 is 9.53 Å². The van der Waals surface area contributed by atoms with Gasteiger partial charge >= 0.3 is 0 Å². The van der Waals surface area contributed by atoms with E-state index in [0.29, 0.717) is 0 Å². The molecule has 4 nitrogen and oxygen atoms in total. The number of anilines is 1. The van der Waals surface area contributed by atoms with Gasteiger partial charge in [0, 0.05) is 37.9 Å². The molecule has 0 saturated carbocycles. The summed E-state index contributed by atoms with van der Waals surface area (Å²) in [6, 6.07) is 7.70. The molecule has 0 spiro atoms. The monoisotopic (exact) mass is 248 g/mol. The number of ether oxygens (including phenoxy) is 1. The van der Waals surface area contributed by atoms with Crippen molar-refractivity contribution in [2.75, 3.05) is 38.2 Å². The fourth-order valence-corrected chi connectivity index (χ4v) is 2.10. The van der Waals surface area contributed by atoms with Crippen LogP contribution in [0.5, 0.6) is 0 Å². The Morgan fingerprint density at radius 3 is 2.72 bits per heavy atom. The van der Waals surface area contributed by atoms with Crippen LogP contribution >= 0.6 is 0 Å². The minimum atomic E-state index is 0.101. The Hall–Kier alpha value is -1.39. The van der Waals surface area contributed by atoms with Crippen LogP contribution in [0, 0.1) is 0 Å². The van der Waals surface area contributed by atoms with E-state index >= 15 is 0 Å². The van der Waals surface area contributed by atoms with Gasteiger partial charge in [-0.15, -0.1) is 0 Å². The smallest absolute Gasteiger partial charge is 0.159 e. The van der Waals surface area contributed by atoms with Crippen molar-refractivity contribution in [3.05, 3.63) is 29.8 Å². The number of likely N-dealkylation sites (N-methyl/N-ethyl adjacent to an activating group) is 1. The third-order valence-corrected chi connectivity index (χ3v) is 3.20. The van der Waals surface area contributed by atoms with Gasteiger partial charge in [-0.25, -0.2) is 0 Å². The van der Waals surface area contributed by atoms with Crippen LogP contribution in [-0.2, 0) is 4.74 Å². The third kappa shape index (κ3) is 3.31. The zero-order valence-electron chi connectivity index (χ0n) is 11.0. The molecule has 2 rings (SSSR count). The number of carbonyl (C=O) groups excluding carboxylic acids is 1.